The van der Waals surface area contributed by atoms with E-state index in [0.29, 0.717) is 11.3 Å². The van der Waals surface area contributed by atoms with E-state index in [1.165, 1.54) is 42.5 Å². The van der Waals surface area contributed by atoms with Crippen LogP contribution in [0, 0.1) is 15.9 Å². The fourth-order valence-corrected chi connectivity index (χ4v) is 3.04. The summed E-state index contributed by atoms with van der Waals surface area (Å²) in [6, 6.07) is 15.2. The van der Waals surface area contributed by atoms with E-state index in [2.05, 4.69) is 10.6 Å². The standard InChI is InChI=1S/C22H17ClFN3O4/c1-13(25-22(29)19-12-16(23)6-11-20(19)27(30)31)14-4-9-18(10-5-14)26-21(28)15-2-7-17(24)8-3-15/h2-13H,1H3,(H,25,29)(H,26,28). The van der Waals surface area contributed by atoms with Crippen molar-refractivity contribution in [2.75, 3.05) is 5.32 Å². The zero-order chi connectivity index (χ0) is 22.5. The van der Waals surface area contributed by atoms with Crippen LogP contribution in [0.15, 0.2) is 66.7 Å². The second-order valence-electron chi connectivity index (χ2n) is 6.70. The van der Waals surface area contributed by atoms with Gasteiger partial charge in [-0.05, 0) is 61.0 Å². The first-order chi connectivity index (χ1) is 14.7. The van der Waals surface area contributed by atoms with Crippen molar-refractivity contribution in [3.8, 4) is 0 Å². The number of benzene rings is 3. The van der Waals surface area contributed by atoms with Gasteiger partial charge in [-0.15, -0.1) is 0 Å². The van der Waals surface area contributed by atoms with Gasteiger partial charge >= 0.3 is 0 Å². The Morgan fingerprint density at radius 3 is 2.26 bits per heavy atom. The first-order valence-electron chi connectivity index (χ1n) is 9.16. The Balaban J connectivity index is 1.68. The molecule has 0 saturated carbocycles. The van der Waals surface area contributed by atoms with Gasteiger partial charge in [0.15, 0.2) is 0 Å². The third-order valence-corrected chi connectivity index (χ3v) is 4.76. The van der Waals surface area contributed by atoms with E-state index in [1.807, 2.05) is 0 Å². The smallest absolute Gasteiger partial charge is 0.282 e. The van der Waals surface area contributed by atoms with E-state index >= 15 is 0 Å². The average molecular weight is 442 g/mol. The van der Waals surface area contributed by atoms with Crippen molar-refractivity contribution in [3.05, 3.63) is 104 Å². The third-order valence-electron chi connectivity index (χ3n) is 4.52. The maximum Gasteiger partial charge on any atom is 0.282 e. The summed E-state index contributed by atoms with van der Waals surface area (Å²) < 4.78 is 13.0. The number of halogens is 2. The van der Waals surface area contributed by atoms with Crippen LogP contribution in [-0.4, -0.2) is 16.7 Å². The lowest BCUT2D eigenvalue weighted by molar-refractivity contribution is -0.385. The van der Waals surface area contributed by atoms with E-state index in [-0.39, 0.29) is 22.2 Å². The summed E-state index contributed by atoms with van der Waals surface area (Å²) in [6.07, 6.45) is 0. The largest absolute Gasteiger partial charge is 0.345 e. The number of hydrogen-bond donors (Lipinski definition) is 2. The number of nitro benzene ring substituents is 1. The van der Waals surface area contributed by atoms with Crippen molar-refractivity contribution in [2.45, 2.75) is 13.0 Å². The van der Waals surface area contributed by atoms with Crippen LogP contribution in [0.4, 0.5) is 15.8 Å². The number of rotatable bonds is 6. The summed E-state index contributed by atoms with van der Waals surface area (Å²) in [5, 5.41) is 16.8. The molecule has 0 heterocycles. The summed E-state index contributed by atoms with van der Waals surface area (Å²) in [5.74, 6) is -1.45. The lowest BCUT2D eigenvalue weighted by Gasteiger charge is -2.15. The van der Waals surface area contributed by atoms with E-state index in [4.69, 9.17) is 11.6 Å². The molecule has 9 heteroatoms. The molecule has 1 atom stereocenters. The molecule has 0 radical (unpaired) electrons. The number of amides is 2. The molecule has 158 valence electrons. The fourth-order valence-electron chi connectivity index (χ4n) is 2.87. The highest BCUT2D eigenvalue weighted by Crippen LogP contribution is 2.24. The minimum Gasteiger partial charge on any atom is -0.345 e. The van der Waals surface area contributed by atoms with Crippen molar-refractivity contribution in [1.29, 1.82) is 0 Å². The summed E-state index contributed by atoms with van der Waals surface area (Å²) in [6.45, 7) is 1.72. The molecule has 0 aliphatic carbocycles. The van der Waals surface area contributed by atoms with Gasteiger partial charge in [-0.2, -0.15) is 0 Å². The van der Waals surface area contributed by atoms with Gasteiger partial charge in [0.25, 0.3) is 17.5 Å². The molecule has 0 aliphatic heterocycles. The number of nitro groups is 1. The van der Waals surface area contributed by atoms with Crippen LogP contribution in [0.3, 0.4) is 0 Å². The summed E-state index contributed by atoms with van der Waals surface area (Å²) in [4.78, 5) is 35.3. The maximum absolute atomic E-state index is 13.0. The topological polar surface area (TPSA) is 101 Å². The van der Waals surface area contributed by atoms with Crippen molar-refractivity contribution in [1.82, 2.24) is 5.32 Å². The molecule has 2 N–H and O–H groups in total. The lowest BCUT2D eigenvalue weighted by Crippen LogP contribution is -2.27. The number of nitrogens with zero attached hydrogens (tertiary/aromatic N) is 1. The van der Waals surface area contributed by atoms with Crippen LogP contribution in [0.25, 0.3) is 0 Å². The number of anilines is 1. The molecule has 0 spiro atoms. The first-order valence-corrected chi connectivity index (χ1v) is 9.54. The van der Waals surface area contributed by atoms with Crippen LogP contribution in [0.2, 0.25) is 5.02 Å². The lowest BCUT2D eigenvalue weighted by atomic mass is 10.1. The second kappa shape index (κ2) is 9.36. The third kappa shape index (κ3) is 5.43. The van der Waals surface area contributed by atoms with Crippen LogP contribution < -0.4 is 10.6 Å². The Hall–Kier alpha value is -3.78. The van der Waals surface area contributed by atoms with E-state index in [1.54, 1.807) is 31.2 Å². The first kappa shape index (κ1) is 21.9. The van der Waals surface area contributed by atoms with Gasteiger partial charge in [0.1, 0.15) is 11.4 Å². The van der Waals surface area contributed by atoms with Gasteiger partial charge in [0.2, 0.25) is 0 Å². The molecule has 3 rings (SSSR count). The van der Waals surface area contributed by atoms with Crippen molar-refractivity contribution >= 4 is 34.8 Å². The van der Waals surface area contributed by atoms with Gasteiger partial charge in [-0.1, -0.05) is 23.7 Å². The van der Waals surface area contributed by atoms with Crippen LogP contribution in [0.5, 0.6) is 0 Å². The van der Waals surface area contributed by atoms with Gasteiger partial charge in [-0.25, -0.2) is 4.39 Å². The molecule has 1 unspecified atom stereocenters. The highest BCUT2D eigenvalue weighted by atomic mass is 35.5. The molecule has 31 heavy (non-hydrogen) atoms. The van der Waals surface area contributed by atoms with Crippen LogP contribution in [-0.2, 0) is 0 Å². The van der Waals surface area contributed by atoms with E-state index in [9.17, 15) is 24.1 Å². The highest BCUT2D eigenvalue weighted by Gasteiger charge is 2.22. The molecular formula is C22H17ClFN3O4. The molecule has 0 aliphatic rings. The van der Waals surface area contributed by atoms with Gasteiger partial charge in [0, 0.05) is 22.3 Å². The van der Waals surface area contributed by atoms with E-state index < -0.39 is 22.7 Å². The highest BCUT2D eigenvalue weighted by molar-refractivity contribution is 6.31. The molecule has 0 fully saturated rings. The van der Waals surface area contributed by atoms with Crippen molar-refractivity contribution < 1.29 is 18.9 Å². The number of hydrogen-bond acceptors (Lipinski definition) is 4. The summed E-state index contributed by atoms with van der Waals surface area (Å²) in [7, 11) is 0. The number of nitrogens with one attached hydrogen (secondary N) is 2. The summed E-state index contributed by atoms with van der Waals surface area (Å²) in [5.41, 5.74) is 1.08. The Morgan fingerprint density at radius 1 is 1.00 bits per heavy atom. The zero-order valence-corrected chi connectivity index (χ0v) is 17.0. The van der Waals surface area contributed by atoms with Gasteiger partial charge in [-0.3, -0.25) is 19.7 Å². The average Bonchev–Trinajstić information content (AvgIpc) is 2.74. The molecule has 2 amide bonds. The number of carbonyl (C=O) groups is 2. The van der Waals surface area contributed by atoms with Crippen LogP contribution >= 0.6 is 11.6 Å². The Labute approximate surface area is 182 Å². The molecule has 0 aromatic heterocycles. The normalized spacial score (nSPS) is 11.5. The molecule has 0 saturated heterocycles. The van der Waals surface area contributed by atoms with E-state index in [0.717, 1.165) is 5.56 Å². The molecule has 3 aromatic carbocycles. The molecule has 3 aromatic rings. The minimum atomic E-state index is -0.644. The maximum atomic E-state index is 13.0. The Bertz CT molecular complexity index is 1130. The quantitative estimate of drug-likeness (QED) is 0.409. The summed E-state index contributed by atoms with van der Waals surface area (Å²) >= 11 is 5.87. The monoisotopic (exact) mass is 441 g/mol. The minimum absolute atomic E-state index is 0.132. The molecular weight excluding hydrogens is 425 g/mol. The van der Waals surface area contributed by atoms with Crippen molar-refractivity contribution in [2.24, 2.45) is 0 Å². The predicted octanol–water partition coefficient (Wildman–Crippen LogP) is 5.13. The van der Waals surface area contributed by atoms with Crippen molar-refractivity contribution in [3.63, 3.8) is 0 Å². The number of carbonyl (C=O) groups excluding carboxylic acids is 2. The molecule has 7 nitrogen and oxygen atoms in total. The Kier molecular flexibility index (Phi) is 6.61. The van der Waals surface area contributed by atoms with Gasteiger partial charge < -0.3 is 10.6 Å². The molecule has 0 bridgehead atoms. The van der Waals surface area contributed by atoms with Crippen LogP contribution in [0.1, 0.15) is 39.2 Å². The SMILES string of the molecule is CC(NC(=O)c1cc(Cl)ccc1[N+](=O)[O-])c1ccc(NC(=O)c2ccc(F)cc2)cc1. The predicted molar refractivity (Wildman–Crippen MR) is 115 cm³/mol. The fraction of sp³-hybridized carbons (Fsp3) is 0.0909. The Morgan fingerprint density at radius 2 is 1.65 bits per heavy atom. The van der Waals surface area contributed by atoms with Gasteiger partial charge in [0.05, 0.1) is 11.0 Å². The second-order valence-corrected chi connectivity index (χ2v) is 7.13. The zero-order valence-electron chi connectivity index (χ0n) is 16.3.